The minimum absolute atomic E-state index is 0.0131. The van der Waals surface area contributed by atoms with Gasteiger partial charge in [0.05, 0.1) is 12.6 Å². The van der Waals surface area contributed by atoms with E-state index in [1.54, 1.807) is 7.11 Å². The molecule has 1 saturated heterocycles. The van der Waals surface area contributed by atoms with Crippen LogP contribution in [0.3, 0.4) is 0 Å². The number of piperazine rings is 1. The monoisotopic (exact) mass is 378 g/mol. The normalized spacial score (nSPS) is 15.8. The fourth-order valence-corrected chi connectivity index (χ4v) is 3.72. The van der Waals surface area contributed by atoms with Gasteiger partial charge in [0.15, 0.2) is 0 Å². The molecule has 4 rings (SSSR count). The minimum atomic E-state index is -0.0131. The van der Waals surface area contributed by atoms with Gasteiger partial charge in [-0.15, -0.1) is 0 Å². The number of aromatic nitrogens is 2. The lowest BCUT2D eigenvalue weighted by Crippen LogP contribution is -2.46. The summed E-state index contributed by atoms with van der Waals surface area (Å²) in [6.45, 7) is 5.79. The molecule has 3 heterocycles. The minimum Gasteiger partial charge on any atom is -0.497 e. The van der Waals surface area contributed by atoms with Crippen LogP contribution in [-0.4, -0.2) is 59.6 Å². The number of methoxy groups -OCH3 is 1. The molecule has 3 aromatic rings. The number of nitrogens with zero attached hydrogens (tertiary/aromatic N) is 3. The van der Waals surface area contributed by atoms with Gasteiger partial charge in [-0.25, -0.2) is 0 Å². The van der Waals surface area contributed by atoms with Crippen LogP contribution in [0.2, 0.25) is 0 Å². The molecule has 0 bridgehead atoms. The molecule has 6 nitrogen and oxygen atoms in total. The van der Waals surface area contributed by atoms with E-state index in [0.29, 0.717) is 6.54 Å². The van der Waals surface area contributed by atoms with E-state index in [2.05, 4.69) is 31.9 Å². The summed E-state index contributed by atoms with van der Waals surface area (Å²) in [5.41, 5.74) is 2.95. The zero-order valence-electron chi connectivity index (χ0n) is 16.2. The SMILES string of the molecule is COc1ccc2cc(CN3CCN(CCc4ccncc4)CC3)c(=O)[nH]c2c1. The summed E-state index contributed by atoms with van der Waals surface area (Å²) < 4.78 is 5.23. The number of pyridine rings is 2. The molecule has 0 saturated carbocycles. The highest BCUT2D eigenvalue weighted by Crippen LogP contribution is 2.19. The molecule has 0 aliphatic carbocycles. The van der Waals surface area contributed by atoms with Crippen molar-refractivity contribution < 1.29 is 4.74 Å². The Bertz CT molecular complexity index is 979. The Morgan fingerprint density at radius 3 is 2.54 bits per heavy atom. The number of aromatic amines is 1. The smallest absolute Gasteiger partial charge is 0.252 e. The molecule has 146 valence electrons. The lowest BCUT2D eigenvalue weighted by molar-refractivity contribution is 0.128. The molecule has 0 spiro atoms. The van der Waals surface area contributed by atoms with E-state index in [4.69, 9.17) is 4.74 Å². The quantitative estimate of drug-likeness (QED) is 0.713. The first-order chi connectivity index (χ1) is 13.7. The van der Waals surface area contributed by atoms with Crippen LogP contribution in [0.1, 0.15) is 11.1 Å². The third-order valence-electron chi connectivity index (χ3n) is 5.45. The van der Waals surface area contributed by atoms with Crippen LogP contribution in [0.15, 0.2) is 53.6 Å². The summed E-state index contributed by atoms with van der Waals surface area (Å²) >= 11 is 0. The van der Waals surface area contributed by atoms with E-state index in [1.165, 1.54) is 5.56 Å². The van der Waals surface area contributed by atoms with E-state index in [1.807, 2.05) is 36.7 Å². The van der Waals surface area contributed by atoms with E-state index in [-0.39, 0.29) is 5.56 Å². The van der Waals surface area contributed by atoms with Gasteiger partial charge >= 0.3 is 0 Å². The van der Waals surface area contributed by atoms with Gasteiger partial charge in [-0.1, -0.05) is 0 Å². The Morgan fingerprint density at radius 2 is 1.79 bits per heavy atom. The zero-order valence-corrected chi connectivity index (χ0v) is 16.2. The Kier molecular flexibility index (Phi) is 5.69. The van der Waals surface area contributed by atoms with Crippen LogP contribution in [0.25, 0.3) is 10.9 Å². The highest BCUT2D eigenvalue weighted by molar-refractivity contribution is 5.80. The number of fused-ring (bicyclic) bond motifs is 1. The third-order valence-corrected chi connectivity index (χ3v) is 5.45. The number of hydrogen-bond acceptors (Lipinski definition) is 5. The van der Waals surface area contributed by atoms with E-state index in [9.17, 15) is 4.79 Å². The summed E-state index contributed by atoms with van der Waals surface area (Å²) in [5, 5.41) is 1.03. The Labute approximate surface area is 164 Å². The Balaban J connectivity index is 1.34. The molecule has 1 aliphatic rings. The highest BCUT2D eigenvalue weighted by atomic mass is 16.5. The van der Waals surface area contributed by atoms with Crippen molar-refractivity contribution in [2.45, 2.75) is 13.0 Å². The zero-order chi connectivity index (χ0) is 19.3. The Morgan fingerprint density at radius 1 is 1.04 bits per heavy atom. The van der Waals surface area contributed by atoms with Gasteiger partial charge in [-0.3, -0.25) is 14.7 Å². The maximum atomic E-state index is 12.5. The number of ether oxygens (including phenoxy) is 1. The molecular formula is C22H26N4O2. The van der Waals surface area contributed by atoms with Crippen LogP contribution in [0.4, 0.5) is 0 Å². The molecule has 0 radical (unpaired) electrons. The molecule has 1 N–H and O–H groups in total. The highest BCUT2D eigenvalue weighted by Gasteiger charge is 2.18. The van der Waals surface area contributed by atoms with Crippen molar-refractivity contribution >= 4 is 10.9 Å². The Hall–Kier alpha value is -2.70. The topological polar surface area (TPSA) is 61.5 Å². The van der Waals surface area contributed by atoms with Gasteiger partial charge in [0.2, 0.25) is 0 Å². The van der Waals surface area contributed by atoms with Crippen LogP contribution in [0.5, 0.6) is 5.75 Å². The van der Waals surface area contributed by atoms with Crippen molar-refractivity contribution in [1.82, 2.24) is 19.8 Å². The van der Waals surface area contributed by atoms with Gasteiger partial charge < -0.3 is 14.6 Å². The number of nitrogens with one attached hydrogen (secondary N) is 1. The maximum absolute atomic E-state index is 12.5. The molecule has 1 aromatic carbocycles. The van der Waals surface area contributed by atoms with E-state index in [0.717, 1.165) is 61.4 Å². The van der Waals surface area contributed by atoms with Crippen molar-refractivity contribution in [3.63, 3.8) is 0 Å². The van der Waals surface area contributed by atoms with Gasteiger partial charge in [-0.05, 0) is 47.7 Å². The summed E-state index contributed by atoms with van der Waals surface area (Å²) in [7, 11) is 1.63. The van der Waals surface area contributed by atoms with Crippen molar-refractivity contribution in [2.24, 2.45) is 0 Å². The second-order valence-corrected chi connectivity index (χ2v) is 7.30. The third kappa shape index (κ3) is 4.40. The fourth-order valence-electron chi connectivity index (χ4n) is 3.72. The van der Waals surface area contributed by atoms with Crippen LogP contribution < -0.4 is 10.3 Å². The number of benzene rings is 1. The lowest BCUT2D eigenvalue weighted by Gasteiger charge is -2.34. The molecule has 0 unspecified atom stereocenters. The lowest BCUT2D eigenvalue weighted by atomic mass is 10.1. The first kappa shape index (κ1) is 18.7. The number of rotatable bonds is 6. The predicted molar refractivity (Wildman–Crippen MR) is 111 cm³/mol. The van der Waals surface area contributed by atoms with Gasteiger partial charge in [0.1, 0.15) is 5.75 Å². The number of H-pyrrole nitrogens is 1. The van der Waals surface area contributed by atoms with Crippen LogP contribution >= 0.6 is 0 Å². The van der Waals surface area contributed by atoms with Crippen molar-refractivity contribution in [3.8, 4) is 5.75 Å². The van der Waals surface area contributed by atoms with Crippen molar-refractivity contribution in [2.75, 3.05) is 39.8 Å². The molecule has 1 fully saturated rings. The maximum Gasteiger partial charge on any atom is 0.252 e. The molecule has 0 atom stereocenters. The predicted octanol–water partition coefficient (Wildman–Crippen LogP) is 2.29. The van der Waals surface area contributed by atoms with Crippen molar-refractivity contribution in [1.29, 1.82) is 0 Å². The van der Waals surface area contributed by atoms with Gasteiger partial charge in [0.25, 0.3) is 5.56 Å². The molecule has 28 heavy (non-hydrogen) atoms. The van der Waals surface area contributed by atoms with Crippen LogP contribution in [-0.2, 0) is 13.0 Å². The first-order valence-corrected chi connectivity index (χ1v) is 9.75. The number of hydrogen-bond donors (Lipinski definition) is 1. The molecule has 6 heteroatoms. The summed E-state index contributed by atoms with van der Waals surface area (Å²) in [5.74, 6) is 0.749. The van der Waals surface area contributed by atoms with Gasteiger partial charge in [-0.2, -0.15) is 0 Å². The molecular weight excluding hydrogens is 352 g/mol. The fraction of sp³-hybridized carbons (Fsp3) is 0.364. The average molecular weight is 378 g/mol. The van der Waals surface area contributed by atoms with Crippen LogP contribution in [0, 0.1) is 0 Å². The summed E-state index contributed by atoms with van der Waals surface area (Å²) in [6, 6.07) is 11.9. The van der Waals surface area contributed by atoms with Crippen molar-refractivity contribution in [3.05, 3.63) is 70.3 Å². The summed E-state index contributed by atoms with van der Waals surface area (Å²) in [6.07, 6.45) is 4.76. The molecule has 2 aromatic heterocycles. The second-order valence-electron chi connectivity index (χ2n) is 7.30. The second kappa shape index (κ2) is 8.54. The van der Waals surface area contributed by atoms with Gasteiger partial charge in [0, 0.05) is 63.3 Å². The largest absolute Gasteiger partial charge is 0.497 e. The van der Waals surface area contributed by atoms with E-state index < -0.39 is 0 Å². The van der Waals surface area contributed by atoms with E-state index >= 15 is 0 Å². The molecule has 1 aliphatic heterocycles. The molecule has 0 amide bonds. The average Bonchev–Trinajstić information content (AvgIpc) is 2.74. The first-order valence-electron chi connectivity index (χ1n) is 9.75. The summed E-state index contributed by atoms with van der Waals surface area (Å²) in [4.78, 5) is 24.4. The standard InChI is InChI=1S/C22H26N4O2/c1-28-20-3-2-18-14-19(22(27)24-21(18)15-20)16-26-12-10-25(11-13-26)9-6-17-4-7-23-8-5-17/h2-5,7-8,14-15H,6,9-13,16H2,1H3,(H,24,27).